The Bertz CT molecular complexity index is 6220. The van der Waals surface area contributed by atoms with E-state index in [2.05, 4.69) is 41.5 Å². The molecule has 30 nitrogen and oxygen atoms in total. The number of phenols is 1. The molecule has 2 fully saturated rings. The molecule has 0 bridgehead atoms. The van der Waals surface area contributed by atoms with E-state index in [1.807, 2.05) is 146 Å². The normalized spacial score (nSPS) is 16.9. The van der Waals surface area contributed by atoms with Crippen molar-refractivity contribution in [2.75, 3.05) is 48.7 Å². The van der Waals surface area contributed by atoms with Gasteiger partial charge in [0, 0.05) is 81.8 Å². The molecule has 2 amide bonds. The highest BCUT2D eigenvalue weighted by Crippen LogP contribution is 2.55. The summed E-state index contributed by atoms with van der Waals surface area (Å²) in [4.78, 5) is 85.2. The molecule has 13 aromatic rings. The van der Waals surface area contributed by atoms with Gasteiger partial charge in [0.05, 0.1) is 96.6 Å². The number of thiophene rings is 2. The molecular formula is C92H77ClN10O20S3. The van der Waals surface area contributed by atoms with Crippen LogP contribution in [0.15, 0.2) is 295 Å². The van der Waals surface area contributed by atoms with Crippen molar-refractivity contribution in [1.29, 1.82) is 0 Å². The van der Waals surface area contributed by atoms with Crippen LogP contribution in [0.5, 0.6) is 28.7 Å². The standard InChI is InChI=1S/C21H16O3S.C17H14ClN3O2.C17H15NO3.C15H17NO4.C11H7N3O5S.C11H8N2O3S/c22-21(17-10-5-2-6-11-17)20(14-16-8-3-1-4-9-16)18-12-7-13-19(15-18)25(23)24;1-23-17-8-11(2-5-16(17)22)10-20-21-14-6-7-19-15-9-12(18)3-4-13(14)15;1-21-17(20)14-8-5-9-15(12-14)18-16(19)11-10-13-6-3-2-4-7-13;17-6-5-16-15(18)9-7-11-13(20-11)14-12(9)8-3-1-2-4-10(8)19-14;15-13(16)6-1-2-8-7(5-6)12-11(19-8)9-3-4-10(20-9)14(17)18;14-13(15)10-6-5-9(17-10)11-12-7-3-1-2-4-8(7)16-11/h1-15H,(H,23,24);2-10,22H,1H3,(H,19,21);2-12H,1H3,(H,18,19);1-4,9,11-14,17H,5-7H2,(H,16,18);1-5,11-12H;1-6,11-12H/b20-14-;20-10+;11-10+;;;/t;;;9-,11-,12-,13-,14-;;/m...0../s1. The number of amides is 2. The number of ketones is 1. The van der Waals surface area contributed by atoms with E-state index in [1.54, 1.807) is 122 Å². The molecule has 7 heterocycles. The van der Waals surface area contributed by atoms with Crippen molar-refractivity contribution < 1.29 is 81.3 Å². The molecule has 1 aliphatic carbocycles. The highest BCUT2D eigenvalue weighted by Gasteiger charge is 2.61. The number of fused-ring (bicyclic) bond motifs is 8. The molecule has 1 saturated carbocycles. The number of pyridine rings is 1. The lowest BCUT2D eigenvalue weighted by Crippen LogP contribution is -2.44. The quantitative estimate of drug-likeness (QED) is 0.00381. The third kappa shape index (κ3) is 23.1. The Morgan fingerprint density at radius 1 is 0.635 bits per heavy atom. The maximum absolute atomic E-state index is 13.0. The van der Waals surface area contributed by atoms with Crippen molar-refractivity contribution in [3.63, 3.8) is 0 Å². The van der Waals surface area contributed by atoms with Crippen LogP contribution in [-0.4, -0.2) is 114 Å². The van der Waals surface area contributed by atoms with Crippen molar-refractivity contribution in [3.05, 3.63) is 369 Å². The third-order valence-corrected chi connectivity index (χ3v) is 22.6. The number of nitrogens with one attached hydrogen (secondary N) is 5. The number of esters is 1. The van der Waals surface area contributed by atoms with E-state index in [0.29, 0.717) is 61.6 Å². The molecule has 0 spiro atoms. The van der Waals surface area contributed by atoms with Crippen LogP contribution in [0.4, 0.5) is 38.4 Å². The summed E-state index contributed by atoms with van der Waals surface area (Å²) in [6.07, 6.45) is 8.39. The minimum absolute atomic E-state index is 0.0108. The third-order valence-electron chi connectivity index (χ3n) is 19.6. The number of para-hydroxylation sites is 3. The molecule has 640 valence electrons. The van der Waals surface area contributed by atoms with Gasteiger partial charge < -0.3 is 64.5 Å². The van der Waals surface area contributed by atoms with E-state index in [1.165, 1.54) is 50.6 Å². The number of benzene rings is 10. The number of hydrazone groups is 1. The van der Waals surface area contributed by atoms with Gasteiger partial charge in [-0.05, 0) is 150 Å². The fourth-order valence-electron chi connectivity index (χ4n) is 13.6. The summed E-state index contributed by atoms with van der Waals surface area (Å²) in [5.41, 5.74) is 12.3. The minimum atomic E-state index is -2.10. The lowest BCUT2D eigenvalue weighted by atomic mass is 9.74. The van der Waals surface area contributed by atoms with Crippen LogP contribution in [-0.2, 0) is 30.1 Å². The van der Waals surface area contributed by atoms with Gasteiger partial charge in [-0.15, -0.1) is 0 Å². The lowest BCUT2D eigenvalue weighted by molar-refractivity contribution is -0.384. The fraction of sp³-hybridized carbons (Fsp3) is 0.130. The van der Waals surface area contributed by atoms with Crippen LogP contribution >= 0.6 is 34.3 Å². The number of rotatable bonds is 21. The fourth-order valence-corrected chi connectivity index (χ4v) is 15.8. The monoisotopic (exact) mass is 1770 g/mol. The second-order valence-corrected chi connectivity index (χ2v) is 31.4. The van der Waals surface area contributed by atoms with E-state index in [4.69, 9.17) is 40.4 Å². The van der Waals surface area contributed by atoms with Crippen LogP contribution in [0.2, 0.25) is 5.02 Å². The predicted octanol–water partition coefficient (Wildman–Crippen LogP) is 18.5. The number of phenolic OH excluding ortho intramolecular Hbond substituents is 1. The smallest absolute Gasteiger partial charge is 0.337 e. The maximum Gasteiger partial charge on any atom is 0.337 e. The molecule has 3 unspecified atom stereocenters. The van der Waals surface area contributed by atoms with Gasteiger partial charge in [-0.3, -0.25) is 55.1 Å². The Morgan fingerprint density at radius 3 is 1.93 bits per heavy atom. The van der Waals surface area contributed by atoms with Crippen molar-refractivity contribution in [2.24, 2.45) is 11.0 Å². The maximum atomic E-state index is 13.0. The highest BCUT2D eigenvalue weighted by atomic mass is 35.5. The van der Waals surface area contributed by atoms with Gasteiger partial charge in [-0.25, -0.2) is 9.00 Å². The molecule has 8 N–H and O–H groups in total. The second-order valence-electron chi connectivity index (χ2n) is 27.8. The van der Waals surface area contributed by atoms with Gasteiger partial charge in [0.1, 0.15) is 29.5 Å². The number of methoxy groups -OCH3 is 2. The zero-order valence-corrected chi connectivity index (χ0v) is 69.9. The number of ether oxygens (including phenoxy) is 6. The van der Waals surface area contributed by atoms with Crippen LogP contribution in [0.25, 0.3) is 28.6 Å². The van der Waals surface area contributed by atoms with E-state index in [-0.39, 0.29) is 86.9 Å². The number of nitrogens with zero attached hydrogens (tertiary/aromatic N) is 5. The molecular weight excluding hydrogens is 1700 g/mol. The number of anilines is 4. The van der Waals surface area contributed by atoms with Gasteiger partial charge in [0.2, 0.25) is 24.3 Å². The van der Waals surface area contributed by atoms with E-state index in [9.17, 15) is 63.4 Å². The molecule has 18 rings (SSSR count). The highest BCUT2D eigenvalue weighted by molar-refractivity contribution is 7.79. The number of aromatic hydroxyl groups is 1. The number of epoxide rings is 1. The molecule has 4 aliphatic heterocycles. The topological polar surface area (TPSA) is 420 Å². The number of aliphatic hydroxyl groups is 1. The van der Waals surface area contributed by atoms with Gasteiger partial charge in [-0.1, -0.05) is 174 Å². The zero-order valence-electron chi connectivity index (χ0n) is 66.7. The summed E-state index contributed by atoms with van der Waals surface area (Å²) < 4.78 is 53.3. The second kappa shape index (κ2) is 42.3. The lowest BCUT2D eigenvalue weighted by Gasteiger charge is -2.29. The summed E-state index contributed by atoms with van der Waals surface area (Å²) in [6.45, 7) is 0.256. The minimum Gasteiger partial charge on any atom is -0.504 e. The zero-order chi connectivity index (χ0) is 88.8. The first-order valence-corrected chi connectivity index (χ1v) is 41.7. The molecule has 10 aromatic carbocycles. The predicted molar refractivity (Wildman–Crippen MR) is 481 cm³/mol. The van der Waals surface area contributed by atoms with E-state index < -0.39 is 38.0 Å². The molecule has 8 atom stereocenters. The summed E-state index contributed by atoms with van der Waals surface area (Å²) in [6, 6.07) is 79.5. The van der Waals surface area contributed by atoms with Gasteiger partial charge >= 0.3 is 16.0 Å². The largest absolute Gasteiger partial charge is 0.504 e. The summed E-state index contributed by atoms with van der Waals surface area (Å²) >= 11 is 6.00. The van der Waals surface area contributed by atoms with Gasteiger partial charge in [-0.2, -0.15) is 5.10 Å². The number of non-ortho nitro benzene ring substituents is 1. The SMILES string of the molecule is COC(=O)c1cccc(NC(=O)/C=C/c2ccccc2)c1.COc1cc(/C=N/Nc2ccnc3cc(Cl)ccc23)ccc1O.O=C(/C(=C\c1ccccc1)c1cccc(S(=O)O)c1)c1ccccc1.O=C(NCCO)[C@H]1C[C@@H]2O[C@@H]2[C@H]2Oc3ccccc3[C@H]21.O=[N+]([O-])c1ccc(C2Nc3ccccc3O2)s1.O=[N+]([O-])c1ccc2c(c1)NC(c1ccc([N+](=O)[O-])s1)O2. The Balaban J connectivity index is 0.000000130. The van der Waals surface area contributed by atoms with Crippen molar-refractivity contribution in [1.82, 2.24) is 10.3 Å². The molecule has 0 radical (unpaired) electrons. The molecule has 34 heteroatoms. The van der Waals surface area contributed by atoms with Crippen molar-refractivity contribution in [2.45, 2.75) is 48.0 Å². The van der Waals surface area contributed by atoms with Crippen LogP contribution in [0, 0.1) is 36.3 Å². The summed E-state index contributed by atoms with van der Waals surface area (Å²) in [5, 5.41) is 67.9. The van der Waals surface area contributed by atoms with Gasteiger partial charge in [0.25, 0.3) is 5.69 Å². The number of hydrogen-bond acceptors (Lipinski definition) is 26. The van der Waals surface area contributed by atoms with Crippen LogP contribution in [0.3, 0.4) is 0 Å². The Kier molecular flexibility index (Phi) is 29.9. The number of aliphatic hydroxyl groups excluding tert-OH is 1. The van der Waals surface area contributed by atoms with Gasteiger partial charge in [0.15, 0.2) is 28.4 Å². The Morgan fingerprint density at radius 2 is 1.27 bits per heavy atom. The Hall–Kier alpha value is -14.8. The molecule has 126 heavy (non-hydrogen) atoms. The van der Waals surface area contributed by atoms with E-state index in [0.717, 1.165) is 90.0 Å². The number of allylic oxidation sites excluding steroid dienone is 1. The number of nitro benzene ring substituents is 1. The summed E-state index contributed by atoms with van der Waals surface area (Å²) in [7, 11) is 2.82. The number of nitro groups is 3. The first-order chi connectivity index (χ1) is 61.1. The van der Waals surface area contributed by atoms with Crippen LogP contribution in [0.1, 0.15) is 83.1 Å². The Labute approximate surface area is 735 Å². The number of aromatic nitrogens is 1. The number of Topliss-reactive ketones (excluding diaryl/α,β-unsaturated/α-hetero) is 1. The first-order valence-electron chi connectivity index (χ1n) is 38.6. The molecule has 3 aromatic heterocycles. The van der Waals surface area contributed by atoms with E-state index >= 15 is 0 Å². The molecule has 1 saturated heterocycles. The number of halogens is 1. The number of hydrogen-bond donors (Lipinski definition) is 8. The number of carbonyl (C=O) groups is 4. The van der Waals surface area contributed by atoms with Crippen molar-refractivity contribution in [3.8, 4) is 28.7 Å². The summed E-state index contributed by atoms with van der Waals surface area (Å²) in [5.74, 6) is 1.70. The van der Waals surface area contributed by atoms with Crippen molar-refractivity contribution >= 4 is 142 Å². The molecule has 5 aliphatic rings. The average Bonchev–Trinajstić information content (AvgIpc) is 1.56. The average molecular weight is 1770 g/mol. The number of carbonyl (C=O) groups excluding carboxylic acids is 4. The first kappa shape index (κ1) is 88.9. The van der Waals surface area contributed by atoms with Crippen LogP contribution < -0.4 is 45.6 Å².